The third-order valence-electron chi connectivity index (χ3n) is 3.68. The number of hydrogen-bond acceptors (Lipinski definition) is 3. The van der Waals surface area contributed by atoms with Crippen molar-refractivity contribution in [2.75, 3.05) is 13.1 Å². The standard InChI is InChI=1S/C17H29N3O/c1-4-8-14(2)19-17(21)15(3)20(12-11-18)13-16-9-6-5-7-10-16/h5-7,9-10,14-15H,4,8,11-13,18H2,1-3H3,(H,19,21). The molecule has 0 bridgehead atoms. The average molecular weight is 291 g/mol. The molecule has 0 aliphatic rings. The highest BCUT2D eigenvalue weighted by Crippen LogP contribution is 2.08. The van der Waals surface area contributed by atoms with E-state index in [1.165, 1.54) is 5.56 Å². The van der Waals surface area contributed by atoms with Gasteiger partial charge >= 0.3 is 0 Å². The van der Waals surface area contributed by atoms with E-state index in [2.05, 4.69) is 36.2 Å². The van der Waals surface area contributed by atoms with Crippen molar-refractivity contribution in [1.29, 1.82) is 0 Å². The van der Waals surface area contributed by atoms with E-state index in [1.807, 2.05) is 25.1 Å². The van der Waals surface area contributed by atoms with Gasteiger partial charge in [0.25, 0.3) is 0 Å². The second kappa shape index (κ2) is 9.53. The van der Waals surface area contributed by atoms with Gasteiger partial charge in [-0.2, -0.15) is 0 Å². The number of hydrogen-bond donors (Lipinski definition) is 2. The summed E-state index contributed by atoms with van der Waals surface area (Å²) in [6, 6.07) is 10.2. The van der Waals surface area contributed by atoms with E-state index in [0.717, 1.165) is 19.4 Å². The van der Waals surface area contributed by atoms with Crippen LogP contribution in [0.2, 0.25) is 0 Å². The fraction of sp³-hybridized carbons (Fsp3) is 0.588. The predicted molar refractivity (Wildman–Crippen MR) is 87.9 cm³/mol. The van der Waals surface area contributed by atoms with Crippen LogP contribution in [0.3, 0.4) is 0 Å². The maximum Gasteiger partial charge on any atom is 0.237 e. The van der Waals surface area contributed by atoms with Crippen molar-refractivity contribution < 1.29 is 4.79 Å². The van der Waals surface area contributed by atoms with Crippen LogP contribution in [0.5, 0.6) is 0 Å². The van der Waals surface area contributed by atoms with Gasteiger partial charge in [0.15, 0.2) is 0 Å². The molecule has 0 aliphatic carbocycles. The van der Waals surface area contributed by atoms with Gasteiger partial charge in [0.05, 0.1) is 6.04 Å². The van der Waals surface area contributed by atoms with Crippen molar-refractivity contribution in [2.45, 2.75) is 52.2 Å². The molecule has 2 atom stereocenters. The van der Waals surface area contributed by atoms with Gasteiger partial charge in [-0.15, -0.1) is 0 Å². The first-order chi connectivity index (χ1) is 10.1. The molecule has 0 spiro atoms. The normalized spacial score (nSPS) is 14.0. The van der Waals surface area contributed by atoms with E-state index in [9.17, 15) is 4.79 Å². The van der Waals surface area contributed by atoms with Crippen molar-refractivity contribution in [3.05, 3.63) is 35.9 Å². The largest absolute Gasteiger partial charge is 0.352 e. The van der Waals surface area contributed by atoms with Crippen LogP contribution in [0.25, 0.3) is 0 Å². The Morgan fingerprint density at radius 3 is 2.52 bits per heavy atom. The second-order valence-corrected chi connectivity index (χ2v) is 5.62. The van der Waals surface area contributed by atoms with Crippen LogP contribution in [-0.2, 0) is 11.3 Å². The number of nitrogens with zero attached hydrogens (tertiary/aromatic N) is 1. The van der Waals surface area contributed by atoms with Gasteiger partial charge in [-0.1, -0.05) is 43.7 Å². The molecule has 2 unspecified atom stereocenters. The maximum absolute atomic E-state index is 12.3. The Kier molecular flexibility index (Phi) is 8.01. The van der Waals surface area contributed by atoms with Crippen LogP contribution >= 0.6 is 0 Å². The SMILES string of the molecule is CCCC(C)NC(=O)C(C)N(CCN)Cc1ccccc1. The van der Waals surface area contributed by atoms with E-state index in [0.29, 0.717) is 13.1 Å². The summed E-state index contributed by atoms with van der Waals surface area (Å²) in [6.45, 7) is 8.14. The Morgan fingerprint density at radius 1 is 1.29 bits per heavy atom. The zero-order chi connectivity index (χ0) is 15.7. The number of nitrogens with two attached hydrogens (primary N) is 1. The Bertz CT molecular complexity index is 408. The molecular weight excluding hydrogens is 262 g/mol. The molecule has 1 amide bonds. The topological polar surface area (TPSA) is 58.4 Å². The number of carbonyl (C=O) groups excluding carboxylic acids is 1. The Balaban J connectivity index is 2.63. The summed E-state index contributed by atoms with van der Waals surface area (Å²) in [4.78, 5) is 14.5. The molecule has 1 rings (SSSR count). The number of amides is 1. The zero-order valence-electron chi connectivity index (χ0n) is 13.5. The van der Waals surface area contributed by atoms with E-state index >= 15 is 0 Å². The molecule has 0 aromatic heterocycles. The Labute approximate surface area is 128 Å². The lowest BCUT2D eigenvalue weighted by molar-refractivity contribution is -0.126. The summed E-state index contributed by atoms with van der Waals surface area (Å²) in [5.41, 5.74) is 6.90. The van der Waals surface area contributed by atoms with Gasteiger partial charge < -0.3 is 11.1 Å². The van der Waals surface area contributed by atoms with Crippen LogP contribution in [0.15, 0.2) is 30.3 Å². The molecule has 3 N–H and O–H groups in total. The van der Waals surface area contributed by atoms with Crippen LogP contribution in [0.1, 0.15) is 39.2 Å². The van der Waals surface area contributed by atoms with Gasteiger partial charge in [-0.25, -0.2) is 0 Å². The molecule has 0 saturated carbocycles. The fourth-order valence-electron chi connectivity index (χ4n) is 2.43. The van der Waals surface area contributed by atoms with Crippen LogP contribution in [-0.4, -0.2) is 36.0 Å². The summed E-state index contributed by atoms with van der Waals surface area (Å²) in [5, 5.41) is 3.08. The highest BCUT2D eigenvalue weighted by molar-refractivity contribution is 5.81. The van der Waals surface area contributed by atoms with Gasteiger partial charge in [0, 0.05) is 25.7 Å². The van der Waals surface area contributed by atoms with E-state index in [-0.39, 0.29) is 18.0 Å². The Morgan fingerprint density at radius 2 is 1.95 bits per heavy atom. The first kappa shape index (κ1) is 17.7. The van der Waals surface area contributed by atoms with Crippen molar-refractivity contribution in [3.63, 3.8) is 0 Å². The van der Waals surface area contributed by atoms with E-state index in [1.54, 1.807) is 0 Å². The number of rotatable bonds is 9. The van der Waals surface area contributed by atoms with Crippen LogP contribution < -0.4 is 11.1 Å². The predicted octanol–water partition coefficient (Wildman–Crippen LogP) is 2.14. The molecule has 118 valence electrons. The molecule has 0 saturated heterocycles. The van der Waals surface area contributed by atoms with Gasteiger partial charge in [0.2, 0.25) is 5.91 Å². The number of carbonyl (C=O) groups is 1. The minimum atomic E-state index is -0.173. The highest BCUT2D eigenvalue weighted by Gasteiger charge is 2.21. The number of nitrogens with one attached hydrogen (secondary N) is 1. The number of benzene rings is 1. The molecular formula is C17H29N3O. The summed E-state index contributed by atoms with van der Waals surface area (Å²) in [6.07, 6.45) is 2.08. The minimum absolute atomic E-state index is 0.0836. The van der Waals surface area contributed by atoms with E-state index in [4.69, 9.17) is 5.73 Å². The van der Waals surface area contributed by atoms with Gasteiger partial charge in [0.1, 0.15) is 0 Å². The lowest BCUT2D eigenvalue weighted by Gasteiger charge is -2.29. The third-order valence-corrected chi connectivity index (χ3v) is 3.68. The smallest absolute Gasteiger partial charge is 0.237 e. The molecule has 1 aromatic rings. The lowest BCUT2D eigenvalue weighted by atomic mass is 10.1. The van der Waals surface area contributed by atoms with Crippen molar-refractivity contribution in [3.8, 4) is 0 Å². The van der Waals surface area contributed by atoms with Crippen LogP contribution in [0, 0.1) is 0 Å². The molecule has 21 heavy (non-hydrogen) atoms. The summed E-state index contributed by atoms with van der Waals surface area (Å²) < 4.78 is 0. The van der Waals surface area contributed by atoms with Crippen LogP contribution in [0.4, 0.5) is 0 Å². The highest BCUT2D eigenvalue weighted by atomic mass is 16.2. The quantitative estimate of drug-likeness (QED) is 0.733. The summed E-state index contributed by atoms with van der Waals surface area (Å²) in [5.74, 6) is 0.0836. The van der Waals surface area contributed by atoms with Gasteiger partial charge in [-0.05, 0) is 25.8 Å². The summed E-state index contributed by atoms with van der Waals surface area (Å²) >= 11 is 0. The maximum atomic E-state index is 12.3. The zero-order valence-corrected chi connectivity index (χ0v) is 13.5. The molecule has 0 aliphatic heterocycles. The van der Waals surface area contributed by atoms with Crippen molar-refractivity contribution >= 4 is 5.91 Å². The second-order valence-electron chi connectivity index (χ2n) is 5.62. The molecule has 0 fully saturated rings. The molecule has 0 heterocycles. The fourth-order valence-corrected chi connectivity index (χ4v) is 2.43. The van der Waals surface area contributed by atoms with Crippen molar-refractivity contribution in [1.82, 2.24) is 10.2 Å². The first-order valence-corrected chi connectivity index (χ1v) is 7.86. The average Bonchev–Trinajstić information content (AvgIpc) is 2.47. The lowest BCUT2D eigenvalue weighted by Crippen LogP contribution is -2.48. The van der Waals surface area contributed by atoms with Gasteiger partial charge in [-0.3, -0.25) is 9.69 Å². The van der Waals surface area contributed by atoms with Crippen molar-refractivity contribution in [2.24, 2.45) is 5.73 Å². The summed E-state index contributed by atoms with van der Waals surface area (Å²) in [7, 11) is 0. The first-order valence-electron chi connectivity index (χ1n) is 7.86. The molecule has 4 nitrogen and oxygen atoms in total. The third kappa shape index (κ3) is 6.27. The minimum Gasteiger partial charge on any atom is -0.352 e. The molecule has 4 heteroatoms. The van der Waals surface area contributed by atoms with E-state index < -0.39 is 0 Å². The Hall–Kier alpha value is -1.39. The molecule has 0 radical (unpaired) electrons. The monoisotopic (exact) mass is 291 g/mol. The molecule has 1 aromatic carbocycles.